The number of benzene rings is 1. The molecule has 126 valence electrons. The van der Waals surface area contributed by atoms with E-state index < -0.39 is 0 Å². The molecule has 1 aromatic carbocycles. The first kappa shape index (κ1) is 16.7. The standard InChI is InChI=1S/C19H22N2O2S/c1-14-12-24-13-17(14)19(23)20-16-9-10-21(11-16)18(22)8-7-15-5-3-2-4-6-15/h2-6,12-13,16H,7-11H2,1H3,(H,20,23)/t16-/m0/s1. The maximum atomic E-state index is 12.3. The van der Waals surface area contributed by atoms with Gasteiger partial charge in [-0.05, 0) is 36.3 Å². The van der Waals surface area contributed by atoms with Gasteiger partial charge in [-0.2, -0.15) is 11.3 Å². The first-order chi connectivity index (χ1) is 11.6. The summed E-state index contributed by atoms with van der Waals surface area (Å²) in [5.41, 5.74) is 2.93. The molecule has 5 heteroatoms. The Hall–Kier alpha value is -2.14. The second kappa shape index (κ2) is 7.62. The van der Waals surface area contributed by atoms with E-state index in [2.05, 4.69) is 5.32 Å². The van der Waals surface area contributed by atoms with E-state index in [0.29, 0.717) is 13.0 Å². The van der Waals surface area contributed by atoms with Crippen molar-refractivity contribution in [3.63, 3.8) is 0 Å². The van der Waals surface area contributed by atoms with E-state index >= 15 is 0 Å². The van der Waals surface area contributed by atoms with Gasteiger partial charge in [0, 0.05) is 30.9 Å². The Morgan fingerprint density at radius 3 is 2.75 bits per heavy atom. The van der Waals surface area contributed by atoms with Crippen LogP contribution in [0.25, 0.3) is 0 Å². The molecule has 1 fully saturated rings. The number of nitrogens with zero attached hydrogens (tertiary/aromatic N) is 1. The van der Waals surface area contributed by atoms with Gasteiger partial charge in [0.2, 0.25) is 5.91 Å². The quantitative estimate of drug-likeness (QED) is 0.908. The highest BCUT2D eigenvalue weighted by Crippen LogP contribution is 2.16. The fourth-order valence-electron chi connectivity index (χ4n) is 3.01. The summed E-state index contributed by atoms with van der Waals surface area (Å²) in [6.45, 7) is 3.28. The molecule has 0 radical (unpaired) electrons. The molecule has 1 N–H and O–H groups in total. The number of hydrogen-bond donors (Lipinski definition) is 1. The zero-order valence-corrected chi connectivity index (χ0v) is 14.6. The highest BCUT2D eigenvalue weighted by atomic mass is 32.1. The highest BCUT2D eigenvalue weighted by molar-refractivity contribution is 7.08. The van der Waals surface area contributed by atoms with Crippen molar-refractivity contribution in [1.29, 1.82) is 0 Å². The Labute approximate surface area is 146 Å². The number of aryl methyl sites for hydroxylation is 2. The summed E-state index contributed by atoms with van der Waals surface area (Å²) < 4.78 is 0. The van der Waals surface area contributed by atoms with Crippen molar-refractivity contribution in [3.8, 4) is 0 Å². The van der Waals surface area contributed by atoms with E-state index in [1.807, 2.05) is 52.9 Å². The molecule has 0 saturated carbocycles. The van der Waals surface area contributed by atoms with Crippen LogP contribution in [0, 0.1) is 6.92 Å². The van der Waals surface area contributed by atoms with Crippen LogP contribution in [-0.4, -0.2) is 35.8 Å². The van der Waals surface area contributed by atoms with Gasteiger partial charge in [0.15, 0.2) is 0 Å². The van der Waals surface area contributed by atoms with Gasteiger partial charge in [-0.25, -0.2) is 0 Å². The second-order valence-electron chi connectivity index (χ2n) is 6.25. The van der Waals surface area contributed by atoms with E-state index in [-0.39, 0.29) is 17.9 Å². The van der Waals surface area contributed by atoms with Gasteiger partial charge in [0.05, 0.1) is 5.56 Å². The zero-order valence-electron chi connectivity index (χ0n) is 13.8. The molecule has 4 nitrogen and oxygen atoms in total. The van der Waals surface area contributed by atoms with E-state index in [4.69, 9.17) is 0 Å². The Morgan fingerprint density at radius 2 is 2.04 bits per heavy atom. The van der Waals surface area contributed by atoms with E-state index in [9.17, 15) is 9.59 Å². The van der Waals surface area contributed by atoms with Crippen molar-refractivity contribution >= 4 is 23.2 Å². The Bertz CT molecular complexity index is 711. The van der Waals surface area contributed by atoms with Crippen molar-refractivity contribution in [2.24, 2.45) is 0 Å². The molecular weight excluding hydrogens is 320 g/mol. The molecule has 2 aromatic rings. The third-order valence-electron chi connectivity index (χ3n) is 4.45. The maximum absolute atomic E-state index is 12.3. The molecule has 0 aliphatic carbocycles. The fraction of sp³-hybridized carbons (Fsp3) is 0.368. The average molecular weight is 342 g/mol. The third kappa shape index (κ3) is 4.03. The first-order valence-electron chi connectivity index (χ1n) is 8.29. The molecule has 2 heterocycles. The van der Waals surface area contributed by atoms with E-state index in [1.165, 1.54) is 16.9 Å². The second-order valence-corrected chi connectivity index (χ2v) is 7.00. The number of nitrogens with one attached hydrogen (secondary N) is 1. The Balaban J connectivity index is 1.47. The normalized spacial score (nSPS) is 17.0. The molecule has 2 amide bonds. The van der Waals surface area contributed by atoms with Gasteiger partial charge in [-0.1, -0.05) is 30.3 Å². The van der Waals surface area contributed by atoms with Crippen LogP contribution < -0.4 is 5.32 Å². The summed E-state index contributed by atoms with van der Waals surface area (Å²) in [4.78, 5) is 26.5. The monoisotopic (exact) mass is 342 g/mol. The van der Waals surface area contributed by atoms with Crippen LogP contribution in [0.3, 0.4) is 0 Å². The number of carbonyl (C=O) groups excluding carboxylic acids is 2. The predicted octanol–water partition coefficient (Wildman–Crippen LogP) is 3.02. The van der Waals surface area contributed by atoms with Crippen LogP contribution in [-0.2, 0) is 11.2 Å². The molecule has 1 atom stereocenters. The number of likely N-dealkylation sites (tertiary alicyclic amines) is 1. The summed E-state index contributed by atoms with van der Waals surface area (Å²) in [7, 11) is 0. The summed E-state index contributed by atoms with van der Waals surface area (Å²) in [6.07, 6.45) is 2.11. The molecule has 3 rings (SSSR count). The molecule has 1 aliphatic rings. The van der Waals surface area contributed by atoms with E-state index in [1.54, 1.807) is 0 Å². The van der Waals surface area contributed by atoms with Gasteiger partial charge in [0.1, 0.15) is 0 Å². The summed E-state index contributed by atoms with van der Waals surface area (Å²) >= 11 is 1.54. The first-order valence-corrected chi connectivity index (χ1v) is 9.23. The van der Waals surface area contributed by atoms with Crippen LogP contribution >= 0.6 is 11.3 Å². The largest absolute Gasteiger partial charge is 0.347 e. The van der Waals surface area contributed by atoms with Crippen molar-refractivity contribution in [1.82, 2.24) is 10.2 Å². The maximum Gasteiger partial charge on any atom is 0.252 e. The smallest absolute Gasteiger partial charge is 0.252 e. The van der Waals surface area contributed by atoms with Crippen LogP contribution in [0.15, 0.2) is 41.1 Å². The van der Waals surface area contributed by atoms with Crippen molar-refractivity contribution in [3.05, 3.63) is 57.8 Å². The zero-order chi connectivity index (χ0) is 16.9. The molecule has 1 saturated heterocycles. The number of carbonyl (C=O) groups is 2. The highest BCUT2D eigenvalue weighted by Gasteiger charge is 2.27. The lowest BCUT2D eigenvalue weighted by molar-refractivity contribution is -0.130. The van der Waals surface area contributed by atoms with Crippen molar-refractivity contribution in [2.45, 2.75) is 32.2 Å². The van der Waals surface area contributed by atoms with Crippen molar-refractivity contribution < 1.29 is 9.59 Å². The van der Waals surface area contributed by atoms with Crippen molar-refractivity contribution in [2.75, 3.05) is 13.1 Å². The van der Waals surface area contributed by atoms with Crippen LogP contribution in [0.2, 0.25) is 0 Å². The van der Waals surface area contributed by atoms with Gasteiger partial charge in [0.25, 0.3) is 5.91 Å². The number of thiophene rings is 1. The van der Waals surface area contributed by atoms with Gasteiger partial charge in [-0.3, -0.25) is 9.59 Å². The molecule has 0 bridgehead atoms. The lowest BCUT2D eigenvalue weighted by Crippen LogP contribution is -2.38. The van der Waals surface area contributed by atoms with Crippen LogP contribution in [0.4, 0.5) is 0 Å². The molecule has 0 spiro atoms. The minimum atomic E-state index is -0.0302. The summed E-state index contributed by atoms with van der Waals surface area (Å²) in [5.74, 6) is 0.139. The predicted molar refractivity (Wildman–Crippen MR) is 96.3 cm³/mol. The number of amides is 2. The average Bonchev–Trinajstić information content (AvgIpc) is 3.22. The molecule has 1 aliphatic heterocycles. The molecule has 24 heavy (non-hydrogen) atoms. The van der Waals surface area contributed by atoms with Crippen LogP contribution in [0.5, 0.6) is 0 Å². The van der Waals surface area contributed by atoms with E-state index in [0.717, 1.165) is 30.5 Å². The topological polar surface area (TPSA) is 49.4 Å². The Kier molecular flexibility index (Phi) is 5.30. The Morgan fingerprint density at radius 1 is 1.25 bits per heavy atom. The lowest BCUT2D eigenvalue weighted by atomic mass is 10.1. The molecule has 1 aromatic heterocycles. The van der Waals surface area contributed by atoms with Crippen LogP contribution in [0.1, 0.15) is 34.3 Å². The third-order valence-corrected chi connectivity index (χ3v) is 5.31. The SMILES string of the molecule is Cc1cscc1C(=O)N[C@H]1CCN(C(=O)CCc2ccccc2)C1. The minimum absolute atomic E-state index is 0.0302. The van der Waals surface area contributed by atoms with Gasteiger partial charge >= 0.3 is 0 Å². The lowest BCUT2D eigenvalue weighted by Gasteiger charge is -2.17. The summed E-state index contributed by atoms with van der Waals surface area (Å²) in [6, 6.07) is 10.1. The van der Waals surface area contributed by atoms with Gasteiger partial charge < -0.3 is 10.2 Å². The van der Waals surface area contributed by atoms with Gasteiger partial charge in [-0.15, -0.1) is 0 Å². The number of rotatable bonds is 5. The fourth-order valence-corrected chi connectivity index (χ4v) is 3.84. The summed E-state index contributed by atoms with van der Waals surface area (Å²) in [5, 5.41) is 6.91. The molecular formula is C19H22N2O2S. The minimum Gasteiger partial charge on any atom is -0.347 e. The number of hydrogen-bond acceptors (Lipinski definition) is 3. The molecule has 0 unspecified atom stereocenters.